The average molecular weight is 285 g/mol. The second kappa shape index (κ2) is 5.72. The molecule has 0 saturated heterocycles. The fourth-order valence-corrected chi connectivity index (χ4v) is 3.02. The molecule has 1 heterocycles. The maximum Gasteiger partial charge on any atom is 0.341 e. The van der Waals surface area contributed by atoms with E-state index in [4.69, 9.17) is 4.74 Å². The van der Waals surface area contributed by atoms with E-state index in [9.17, 15) is 9.90 Å². The number of ether oxygens (including phenoxy) is 1. The number of carbonyl (C=O) groups is 1. The predicted molar refractivity (Wildman–Crippen MR) is 80.9 cm³/mol. The molecule has 110 valence electrons. The van der Waals surface area contributed by atoms with Crippen LogP contribution < -0.4 is 4.74 Å². The van der Waals surface area contributed by atoms with Crippen LogP contribution in [-0.2, 0) is 0 Å². The molecule has 1 aliphatic rings. The van der Waals surface area contributed by atoms with Gasteiger partial charge in [-0.15, -0.1) is 0 Å². The summed E-state index contributed by atoms with van der Waals surface area (Å²) in [6.07, 6.45) is 5.64. The number of aryl methyl sites for hydroxylation is 1. The summed E-state index contributed by atoms with van der Waals surface area (Å²) < 4.78 is 6.12. The van der Waals surface area contributed by atoms with Crippen molar-refractivity contribution in [1.29, 1.82) is 0 Å². The lowest BCUT2D eigenvalue weighted by molar-refractivity contribution is 0.0685. The van der Waals surface area contributed by atoms with Crippen molar-refractivity contribution < 1.29 is 14.6 Å². The summed E-state index contributed by atoms with van der Waals surface area (Å²) in [4.78, 5) is 16.0. The largest absolute Gasteiger partial charge is 0.489 e. The number of benzene rings is 1. The Morgan fingerprint density at radius 3 is 2.67 bits per heavy atom. The molecule has 4 nitrogen and oxygen atoms in total. The number of carboxylic acids is 1. The van der Waals surface area contributed by atoms with E-state index < -0.39 is 5.97 Å². The Balaban J connectivity index is 2.11. The van der Waals surface area contributed by atoms with E-state index in [1.807, 2.05) is 24.3 Å². The summed E-state index contributed by atoms with van der Waals surface area (Å²) in [6, 6.07) is 7.56. The van der Waals surface area contributed by atoms with Gasteiger partial charge in [-0.25, -0.2) is 4.79 Å². The van der Waals surface area contributed by atoms with Gasteiger partial charge in [0.15, 0.2) is 0 Å². The van der Waals surface area contributed by atoms with Gasteiger partial charge in [-0.2, -0.15) is 0 Å². The lowest BCUT2D eigenvalue weighted by Gasteiger charge is -2.25. The molecule has 21 heavy (non-hydrogen) atoms. The second-order valence-corrected chi connectivity index (χ2v) is 5.60. The average Bonchev–Trinajstić information content (AvgIpc) is 2.47. The van der Waals surface area contributed by atoms with Gasteiger partial charge in [-0.05, 0) is 44.7 Å². The Morgan fingerprint density at radius 1 is 1.24 bits per heavy atom. The van der Waals surface area contributed by atoms with E-state index in [1.54, 1.807) is 6.92 Å². The van der Waals surface area contributed by atoms with Gasteiger partial charge in [-0.1, -0.05) is 18.6 Å². The first-order valence-electron chi connectivity index (χ1n) is 7.46. The van der Waals surface area contributed by atoms with Gasteiger partial charge in [0.05, 0.1) is 17.3 Å². The van der Waals surface area contributed by atoms with E-state index in [-0.39, 0.29) is 11.7 Å². The van der Waals surface area contributed by atoms with E-state index >= 15 is 0 Å². The van der Waals surface area contributed by atoms with Crippen molar-refractivity contribution >= 4 is 16.9 Å². The molecule has 3 rings (SSSR count). The minimum atomic E-state index is -0.975. The first kappa shape index (κ1) is 13.9. The van der Waals surface area contributed by atoms with E-state index in [2.05, 4.69) is 4.98 Å². The van der Waals surface area contributed by atoms with E-state index in [0.29, 0.717) is 11.4 Å². The molecule has 1 N–H and O–H groups in total. The van der Waals surface area contributed by atoms with Crippen molar-refractivity contribution in [3.05, 3.63) is 35.5 Å². The fraction of sp³-hybridized carbons (Fsp3) is 0.412. The number of aromatic carboxylic acids is 1. The highest BCUT2D eigenvalue weighted by atomic mass is 16.5. The quantitative estimate of drug-likeness (QED) is 0.927. The molecule has 0 spiro atoms. The van der Waals surface area contributed by atoms with Gasteiger partial charge >= 0.3 is 5.97 Å². The third-order valence-electron chi connectivity index (χ3n) is 4.08. The first-order chi connectivity index (χ1) is 10.2. The van der Waals surface area contributed by atoms with Crippen LogP contribution in [0, 0.1) is 6.92 Å². The first-order valence-corrected chi connectivity index (χ1v) is 7.46. The molecule has 2 aromatic rings. The molecular weight excluding hydrogens is 266 g/mol. The predicted octanol–water partition coefficient (Wildman–Crippen LogP) is 3.95. The molecule has 1 saturated carbocycles. The molecule has 0 aliphatic heterocycles. The molecule has 1 aromatic heterocycles. The Hall–Kier alpha value is -2.10. The van der Waals surface area contributed by atoms with Gasteiger partial charge in [0.25, 0.3) is 0 Å². The van der Waals surface area contributed by atoms with E-state index in [0.717, 1.165) is 36.6 Å². The third-order valence-corrected chi connectivity index (χ3v) is 4.08. The summed E-state index contributed by atoms with van der Waals surface area (Å²) in [5.41, 5.74) is 1.48. The Bertz CT molecular complexity index is 675. The summed E-state index contributed by atoms with van der Waals surface area (Å²) in [5.74, 6) is -0.492. The van der Waals surface area contributed by atoms with Crippen molar-refractivity contribution in [1.82, 2.24) is 4.98 Å². The SMILES string of the molecule is Cc1nc2ccccc2c(OC2CCCCC2)c1C(=O)O. The Morgan fingerprint density at radius 2 is 1.95 bits per heavy atom. The van der Waals surface area contributed by atoms with Gasteiger partial charge in [0.1, 0.15) is 11.3 Å². The van der Waals surface area contributed by atoms with Crippen LogP contribution in [0.4, 0.5) is 0 Å². The number of hydrogen-bond acceptors (Lipinski definition) is 3. The van der Waals surface area contributed by atoms with Crippen molar-refractivity contribution in [2.75, 3.05) is 0 Å². The number of nitrogens with zero attached hydrogens (tertiary/aromatic N) is 1. The summed E-state index contributed by atoms with van der Waals surface area (Å²) in [5, 5.41) is 10.3. The van der Waals surface area contributed by atoms with Crippen LogP contribution in [0.1, 0.15) is 48.2 Å². The summed E-state index contributed by atoms with van der Waals surface area (Å²) >= 11 is 0. The molecule has 4 heteroatoms. The monoisotopic (exact) mass is 285 g/mol. The summed E-state index contributed by atoms with van der Waals surface area (Å²) in [7, 11) is 0. The number of rotatable bonds is 3. The van der Waals surface area contributed by atoms with Crippen LogP contribution in [-0.4, -0.2) is 22.2 Å². The number of fused-ring (bicyclic) bond motifs is 1. The smallest absolute Gasteiger partial charge is 0.341 e. The number of carboxylic acid groups (broad SMARTS) is 1. The van der Waals surface area contributed by atoms with Crippen LogP contribution in [0.2, 0.25) is 0 Å². The molecule has 1 aliphatic carbocycles. The van der Waals surface area contributed by atoms with Crippen LogP contribution >= 0.6 is 0 Å². The highest BCUT2D eigenvalue weighted by Crippen LogP contribution is 2.33. The van der Waals surface area contributed by atoms with Gasteiger partial charge < -0.3 is 9.84 Å². The molecule has 0 amide bonds. The van der Waals surface area contributed by atoms with Gasteiger partial charge in [0.2, 0.25) is 0 Å². The Kier molecular flexibility index (Phi) is 3.78. The zero-order valence-corrected chi connectivity index (χ0v) is 12.1. The minimum absolute atomic E-state index is 0.113. The molecule has 0 radical (unpaired) electrons. The molecule has 0 atom stereocenters. The molecular formula is C17H19NO3. The van der Waals surface area contributed by atoms with Crippen molar-refractivity contribution in [3.8, 4) is 5.75 Å². The third kappa shape index (κ3) is 2.71. The van der Waals surface area contributed by atoms with Gasteiger partial charge in [0, 0.05) is 5.39 Å². The number of aromatic nitrogens is 1. The lowest BCUT2D eigenvalue weighted by atomic mass is 9.97. The normalized spacial score (nSPS) is 16.0. The van der Waals surface area contributed by atoms with E-state index in [1.165, 1.54) is 6.42 Å². The molecule has 0 unspecified atom stereocenters. The second-order valence-electron chi connectivity index (χ2n) is 5.60. The number of pyridine rings is 1. The maximum absolute atomic E-state index is 11.6. The molecule has 0 bridgehead atoms. The van der Waals surface area contributed by atoms with Crippen LogP contribution in [0.25, 0.3) is 10.9 Å². The van der Waals surface area contributed by atoms with Crippen molar-refractivity contribution in [2.45, 2.75) is 45.1 Å². The highest BCUT2D eigenvalue weighted by molar-refractivity contribution is 6.00. The van der Waals surface area contributed by atoms with Gasteiger partial charge in [-0.3, -0.25) is 4.98 Å². The maximum atomic E-state index is 11.6. The van der Waals surface area contributed by atoms with Crippen molar-refractivity contribution in [3.63, 3.8) is 0 Å². The molecule has 1 fully saturated rings. The lowest BCUT2D eigenvalue weighted by Crippen LogP contribution is -2.21. The minimum Gasteiger partial charge on any atom is -0.489 e. The van der Waals surface area contributed by atoms with Crippen LogP contribution in [0.15, 0.2) is 24.3 Å². The fourth-order valence-electron chi connectivity index (χ4n) is 3.02. The topological polar surface area (TPSA) is 59.4 Å². The van der Waals surface area contributed by atoms with Crippen LogP contribution in [0.3, 0.4) is 0 Å². The van der Waals surface area contributed by atoms with Crippen LogP contribution in [0.5, 0.6) is 5.75 Å². The van der Waals surface area contributed by atoms with Crippen molar-refractivity contribution in [2.24, 2.45) is 0 Å². The Labute approximate surface area is 123 Å². The summed E-state index contributed by atoms with van der Waals surface area (Å²) in [6.45, 7) is 1.73. The molecule has 1 aromatic carbocycles. The number of hydrogen-bond donors (Lipinski definition) is 1. The standard InChI is InChI=1S/C17H19NO3/c1-11-15(17(19)20)16(21-12-7-3-2-4-8-12)13-9-5-6-10-14(13)18-11/h5-6,9-10,12H,2-4,7-8H2,1H3,(H,19,20). The highest BCUT2D eigenvalue weighted by Gasteiger charge is 2.23. The number of para-hydroxylation sites is 1. The zero-order chi connectivity index (χ0) is 14.8. The zero-order valence-electron chi connectivity index (χ0n) is 12.1.